The minimum absolute atomic E-state index is 0.422. The van der Waals surface area contributed by atoms with Gasteiger partial charge in [0.05, 0.1) is 0 Å². The highest BCUT2D eigenvalue weighted by Crippen LogP contribution is 2.17. The Morgan fingerprint density at radius 2 is 2.09 bits per heavy atom. The van der Waals surface area contributed by atoms with E-state index < -0.39 is 0 Å². The summed E-state index contributed by atoms with van der Waals surface area (Å²) in [6, 6.07) is 10.9. The number of likely N-dealkylation sites (tertiary alicyclic amines) is 1. The van der Waals surface area contributed by atoms with Crippen molar-refractivity contribution in [3.8, 4) is 0 Å². The van der Waals surface area contributed by atoms with Gasteiger partial charge in [0.1, 0.15) is 0 Å². The number of nitrogens with one attached hydrogen (secondary N) is 1. The molecule has 0 saturated carbocycles. The first-order chi connectivity index (χ1) is 10.7. The Hall–Kier alpha value is -1.46. The van der Waals surface area contributed by atoms with E-state index in [9.17, 15) is 0 Å². The number of piperidine rings is 1. The van der Waals surface area contributed by atoms with Crippen molar-refractivity contribution >= 4 is 21.9 Å². The van der Waals surface area contributed by atoms with E-state index in [-0.39, 0.29) is 0 Å². The molecule has 1 fully saturated rings. The summed E-state index contributed by atoms with van der Waals surface area (Å²) in [5, 5.41) is 3.48. The van der Waals surface area contributed by atoms with Crippen molar-refractivity contribution in [3.63, 3.8) is 0 Å². The van der Waals surface area contributed by atoms with Crippen LogP contribution in [0.1, 0.15) is 24.1 Å². The molecular weight excluding hydrogens is 340 g/mol. The molecule has 1 atom stereocenters. The second kappa shape index (κ2) is 7.20. The number of hydrogen-bond acceptors (Lipinski definition) is 4. The molecule has 2 heterocycles. The zero-order valence-electron chi connectivity index (χ0n) is 12.8. The van der Waals surface area contributed by atoms with Crippen LogP contribution < -0.4 is 5.32 Å². The lowest BCUT2D eigenvalue weighted by atomic mass is 10.0. The predicted octanol–water partition coefficient (Wildman–Crippen LogP) is 3.62. The summed E-state index contributed by atoms with van der Waals surface area (Å²) in [5.41, 5.74) is 2.36. The molecule has 0 spiro atoms. The van der Waals surface area contributed by atoms with Crippen molar-refractivity contribution in [1.82, 2.24) is 14.9 Å². The second-order valence-corrected chi connectivity index (χ2v) is 6.78. The molecule has 2 aromatic rings. The second-order valence-electron chi connectivity index (χ2n) is 5.87. The number of hydrogen-bond donors (Lipinski definition) is 1. The fourth-order valence-corrected chi connectivity index (χ4v) is 3.13. The van der Waals surface area contributed by atoms with Gasteiger partial charge in [-0.05, 0) is 50.1 Å². The summed E-state index contributed by atoms with van der Waals surface area (Å²) >= 11 is 3.49. The van der Waals surface area contributed by atoms with Crippen molar-refractivity contribution in [3.05, 3.63) is 52.3 Å². The van der Waals surface area contributed by atoms with Crippen molar-refractivity contribution in [2.24, 2.45) is 0 Å². The maximum atomic E-state index is 4.44. The lowest BCUT2D eigenvalue weighted by molar-refractivity contribution is 0.208. The molecule has 22 heavy (non-hydrogen) atoms. The molecule has 0 bridgehead atoms. The molecule has 1 aromatic carbocycles. The van der Waals surface area contributed by atoms with Crippen LogP contribution in [0.25, 0.3) is 0 Å². The van der Waals surface area contributed by atoms with Gasteiger partial charge in [0, 0.05) is 35.5 Å². The van der Waals surface area contributed by atoms with Gasteiger partial charge in [-0.15, -0.1) is 0 Å². The molecule has 1 aromatic heterocycles. The summed E-state index contributed by atoms with van der Waals surface area (Å²) < 4.78 is 1.13. The average molecular weight is 361 g/mol. The van der Waals surface area contributed by atoms with Crippen molar-refractivity contribution < 1.29 is 0 Å². The highest BCUT2D eigenvalue weighted by Gasteiger charge is 2.20. The van der Waals surface area contributed by atoms with E-state index in [4.69, 9.17) is 0 Å². The van der Waals surface area contributed by atoms with Gasteiger partial charge in [-0.2, -0.15) is 0 Å². The molecule has 1 aliphatic rings. The Kier molecular flexibility index (Phi) is 5.05. The number of rotatable bonds is 4. The average Bonchev–Trinajstić information content (AvgIpc) is 2.50. The smallest absolute Gasteiger partial charge is 0.223 e. The van der Waals surface area contributed by atoms with Crippen LogP contribution in [0.5, 0.6) is 0 Å². The van der Waals surface area contributed by atoms with Crippen LogP contribution in [-0.2, 0) is 6.54 Å². The van der Waals surface area contributed by atoms with Gasteiger partial charge < -0.3 is 5.32 Å². The van der Waals surface area contributed by atoms with Crippen LogP contribution in [0.2, 0.25) is 0 Å². The summed E-state index contributed by atoms with van der Waals surface area (Å²) in [5.74, 6) is 0.746. The molecule has 1 unspecified atom stereocenters. The first kappa shape index (κ1) is 15.4. The zero-order chi connectivity index (χ0) is 15.4. The third kappa shape index (κ3) is 4.27. The van der Waals surface area contributed by atoms with Gasteiger partial charge in [-0.25, -0.2) is 9.97 Å². The Labute approximate surface area is 140 Å². The van der Waals surface area contributed by atoms with E-state index >= 15 is 0 Å². The maximum Gasteiger partial charge on any atom is 0.223 e. The summed E-state index contributed by atoms with van der Waals surface area (Å²) in [6.45, 7) is 5.18. The molecule has 0 aliphatic carbocycles. The monoisotopic (exact) mass is 360 g/mol. The predicted molar refractivity (Wildman–Crippen MR) is 92.8 cm³/mol. The molecule has 1 aliphatic heterocycles. The minimum atomic E-state index is 0.422. The highest BCUT2D eigenvalue weighted by atomic mass is 79.9. The Bertz CT molecular complexity index is 614. The fraction of sp³-hybridized carbons (Fsp3) is 0.412. The Morgan fingerprint density at radius 3 is 2.86 bits per heavy atom. The van der Waals surface area contributed by atoms with Crippen LogP contribution in [0.3, 0.4) is 0 Å². The highest BCUT2D eigenvalue weighted by molar-refractivity contribution is 9.10. The normalized spacial score (nSPS) is 19.1. The van der Waals surface area contributed by atoms with Crippen LogP contribution in [0.15, 0.2) is 41.0 Å². The van der Waals surface area contributed by atoms with Crippen LogP contribution in [0.4, 0.5) is 5.95 Å². The quantitative estimate of drug-likeness (QED) is 0.903. The number of aromatic nitrogens is 2. The summed E-state index contributed by atoms with van der Waals surface area (Å²) in [6.07, 6.45) is 4.20. The number of nitrogens with zero attached hydrogens (tertiary/aromatic N) is 3. The van der Waals surface area contributed by atoms with E-state index in [2.05, 4.69) is 60.4 Å². The maximum absolute atomic E-state index is 4.44. The van der Waals surface area contributed by atoms with E-state index in [1.54, 1.807) is 0 Å². The largest absolute Gasteiger partial charge is 0.350 e. The van der Waals surface area contributed by atoms with Crippen molar-refractivity contribution in [1.29, 1.82) is 0 Å². The lowest BCUT2D eigenvalue weighted by Gasteiger charge is -2.33. The SMILES string of the molecule is Cc1ccnc(NC2CCCN(Cc3ccc(Br)cc3)C2)n1. The first-order valence-corrected chi connectivity index (χ1v) is 8.51. The molecule has 0 amide bonds. The zero-order valence-corrected chi connectivity index (χ0v) is 14.4. The van der Waals surface area contributed by atoms with E-state index in [0.29, 0.717) is 6.04 Å². The van der Waals surface area contributed by atoms with Crippen LogP contribution in [-0.4, -0.2) is 34.0 Å². The Balaban J connectivity index is 1.58. The number of aryl methyl sites for hydroxylation is 1. The van der Waals surface area contributed by atoms with Gasteiger partial charge in [-0.3, -0.25) is 4.90 Å². The van der Waals surface area contributed by atoms with Gasteiger partial charge in [0.25, 0.3) is 0 Å². The van der Waals surface area contributed by atoms with Crippen molar-refractivity contribution in [2.45, 2.75) is 32.4 Å². The first-order valence-electron chi connectivity index (χ1n) is 7.72. The molecular formula is C17H21BrN4. The summed E-state index contributed by atoms with van der Waals surface area (Å²) in [7, 11) is 0. The topological polar surface area (TPSA) is 41.1 Å². The van der Waals surface area contributed by atoms with Gasteiger partial charge in [0.15, 0.2) is 0 Å². The molecule has 116 valence electrons. The molecule has 4 nitrogen and oxygen atoms in total. The van der Waals surface area contributed by atoms with E-state index in [1.807, 2.05) is 19.2 Å². The standard InChI is InChI=1S/C17H21BrN4/c1-13-8-9-19-17(20-13)21-16-3-2-10-22(12-16)11-14-4-6-15(18)7-5-14/h4-9,16H,2-3,10-12H2,1H3,(H,19,20,21). The third-order valence-electron chi connectivity index (χ3n) is 3.95. The number of benzene rings is 1. The Morgan fingerprint density at radius 1 is 1.27 bits per heavy atom. The fourth-order valence-electron chi connectivity index (χ4n) is 2.87. The van der Waals surface area contributed by atoms with Gasteiger partial charge >= 0.3 is 0 Å². The molecule has 3 rings (SSSR count). The van der Waals surface area contributed by atoms with E-state index in [1.165, 1.54) is 18.4 Å². The van der Waals surface area contributed by atoms with Gasteiger partial charge in [-0.1, -0.05) is 28.1 Å². The third-order valence-corrected chi connectivity index (χ3v) is 4.48. The van der Waals surface area contributed by atoms with Gasteiger partial charge in [0.2, 0.25) is 5.95 Å². The van der Waals surface area contributed by atoms with Crippen molar-refractivity contribution in [2.75, 3.05) is 18.4 Å². The lowest BCUT2D eigenvalue weighted by Crippen LogP contribution is -2.41. The molecule has 5 heteroatoms. The minimum Gasteiger partial charge on any atom is -0.350 e. The molecule has 1 saturated heterocycles. The van der Waals surface area contributed by atoms with Crippen LogP contribution in [0, 0.1) is 6.92 Å². The number of anilines is 1. The van der Waals surface area contributed by atoms with E-state index in [0.717, 1.165) is 35.7 Å². The molecule has 0 radical (unpaired) electrons. The molecule has 1 N–H and O–H groups in total. The number of halogens is 1. The van der Waals surface area contributed by atoms with Crippen LogP contribution >= 0.6 is 15.9 Å². The summed E-state index contributed by atoms with van der Waals surface area (Å²) in [4.78, 5) is 11.2.